The van der Waals surface area contributed by atoms with Crippen molar-refractivity contribution in [3.05, 3.63) is 80.1 Å². The molecule has 5 rings (SSSR count). The molecule has 0 amide bonds. The Morgan fingerprint density at radius 3 is 2.58 bits per heavy atom. The average molecular weight is 522 g/mol. The summed E-state index contributed by atoms with van der Waals surface area (Å²) in [7, 11) is 0. The third-order valence-corrected chi connectivity index (χ3v) is 7.24. The topological polar surface area (TPSA) is 102 Å². The minimum atomic E-state index is -0.926. The summed E-state index contributed by atoms with van der Waals surface area (Å²) >= 11 is 0. The highest BCUT2D eigenvalue weighted by atomic mass is 19.1. The molecule has 1 fully saturated rings. The molecule has 2 unspecified atom stereocenters. The minimum Gasteiger partial charge on any atom is -0.507 e. The molecule has 1 saturated heterocycles. The van der Waals surface area contributed by atoms with Gasteiger partial charge in [-0.05, 0) is 62.0 Å². The molecule has 38 heavy (non-hydrogen) atoms. The van der Waals surface area contributed by atoms with Crippen molar-refractivity contribution in [3.63, 3.8) is 0 Å². The van der Waals surface area contributed by atoms with Gasteiger partial charge in [-0.2, -0.15) is 0 Å². The van der Waals surface area contributed by atoms with Crippen molar-refractivity contribution in [2.75, 3.05) is 13.1 Å². The largest absolute Gasteiger partial charge is 0.507 e. The van der Waals surface area contributed by atoms with E-state index in [1.54, 1.807) is 19.2 Å². The molecule has 0 bridgehead atoms. The molecule has 0 saturated carbocycles. The molecule has 3 aromatic heterocycles. The zero-order valence-electron chi connectivity index (χ0n) is 21.6. The number of hydrogen-bond acceptors (Lipinski definition) is 6. The van der Waals surface area contributed by atoms with Gasteiger partial charge in [0.05, 0.1) is 22.5 Å². The number of halogens is 2. The number of piperidine rings is 1. The molecule has 4 aromatic rings. The Bertz CT molecular complexity index is 1660. The third-order valence-electron chi connectivity index (χ3n) is 7.24. The highest BCUT2D eigenvalue weighted by molar-refractivity contribution is 5.80. The Morgan fingerprint density at radius 2 is 1.89 bits per heavy atom. The van der Waals surface area contributed by atoms with Crippen LogP contribution in [-0.2, 0) is 0 Å². The highest BCUT2D eigenvalue weighted by Crippen LogP contribution is 2.35. The van der Waals surface area contributed by atoms with Crippen LogP contribution < -0.4 is 16.4 Å². The standard InChI is InChI=1S/C28H29F2N5O3/c1-14(2)23-25(15(3)8-11-32-23)35-26-20(34(27(37)28(35)38)19-9-10-31-13-16(19)4)12-18(30)24(33-26)22-17(29)6-5-7-21(22)36/h5-8,11-12,14,16,19,31,36H,9-10,13H2,1-4H3. The number of benzene rings is 1. The monoisotopic (exact) mass is 521 g/mol. The fourth-order valence-corrected chi connectivity index (χ4v) is 5.34. The first-order valence-electron chi connectivity index (χ1n) is 12.6. The van der Waals surface area contributed by atoms with Gasteiger partial charge >= 0.3 is 11.1 Å². The number of nitrogens with zero attached hydrogens (tertiary/aromatic N) is 4. The number of aromatic hydroxyl groups is 1. The molecule has 0 aliphatic carbocycles. The van der Waals surface area contributed by atoms with Gasteiger partial charge in [0.25, 0.3) is 0 Å². The molecule has 4 heterocycles. The first-order chi connectivity index (χ1) is 18.1. The second-order valence-electron chi connectivity index (χ2n) is 10.2. The fourth-order valence-electron chi connectivity index (χ4n) is 5.34. The second-order valence-corrected chi connectivity index (χ2v) is 10.2. The van der Waals surface area contributed by atoms with E-state index >= 15 is 4.39 Å². The number of phenols is 1. The van der Waals surface area contributed by atoms with Gasteiger partial charge in [0, 0.05) is 18.3 Å². The zero-order chi connectivity index (χ0) is 27.3. The molecule has 1 aromatic carbocycles. The third kappa shape index (κ3) is 4.09. The van der Waals surface area contributed by atoms with E-state index in [0.717, 1.165) is 12.1 Å². The predicted octanol–water partition coefficient (Wildman–Crippen LogP) is 4.20. The van der Waals surface area contributed by atoms with Crippen molar-refractivity contribution in [2.45, 2.75) is 46.1 Å². The smallest absolute Gasteiger partial charge is 0.322 e. The van der Waals surface area contributed by atoms with E-state index in [9.17, 15) is 19.1 Å². The summed E-state index contributed by atoms with van der Waals surface area (Å²) in [5, 5.41) is 13.7. The van der Waals surface area contributed by atoms with E-state index in [-0.39, 0.29) is 29.0 Å². The number of aromatic nitrogens is 4. The Labute approximate surface area is 217 Å². The molecule has 1 aliphatic heterocycles. The van der Waals surface area contributed by atoms with Crippen LogP contribution in [0.3, 0.4) is 0 Å². The lowest BCUT2D eigenvalue weighted by molar-refractivity contribution is 0.273. The maximum atomic E-state index is 15.7. The number of rotatable bonds is 4. The lowest BCUT2D eigenvalue weighted by atomic mass is 9.94. The van der Waals surface area contributed by atoms with Crippen molar-refractivity contribution in [1.82, 2.24) is 24.4 Å². The number of hydrogen-bond donors (Lipinski definition) is 2. The van der Waals surface area contributed by atoms with Gasteiger partial charge in [-0.15, -0.1) is 0 Å². The van der Waals surface area contributed by atoms with Crippen LogP contribution in [0.1, 0.15) is 50.4 Å². The summed E-state index contributed by atoms with van der Waals surface area (Å²) in [5.41, 5.74) is -0.837. The highest BCUT2D eigenvalue weighted by Gasteiger charge is 2.30. The summed E-state index contributed by atoms with van der Waals surface area (Å²) in [6, 6.07) is 6.07. The molecule has 0 spiro atoms. The van der Waals surface area contributed by atoms with Crippen LogP contribution in [0, 0.1) is 24.5 Å². The van der Waals surface area contributed by atoms with Crippen molar-refractivity contribution in [2.24, 2.45) is 5.92 Å². The van der Waals surface area contributed by atoms with Gasteiger partial charge in [0.15, 0.2) is 11.5 Å². The summed E-state index contributed by atoms with van der Waals surface area (Å²) in [4.78, 5) is 36.5. The Hall–Kier alpha value is -3.92. The van der Waals surface area contributed by atoms with Gasteiger partial charge in [-0.25, -0.2) is 13.8 Å². The van der Waals surface area contributed by atoms with E-state index in [0.29, 0.717) is 36.5 Å². The first-order valence-corrected chi connectivity index (χ1v) is 12.6. The molecular formula is C28H29F2N5O3. The molecular weight excluding hydrogens is 492 g/mol. The van der Waals surface area contributed by atoms with E-state index in [2.05, 4.69) is 15.3 Å². The number of aryl methyl sites for hydroxylation is 1. The van der Waals surface area contributed by atoms with Gasteiger partial charge in [0.2, 0.25) is 0 Å². The maximum Gasteiger partial charge on any atom is 0.322 e. The van der Waals surface area contributed by atoms with Gasteiger partial charge in [-0.1, -0.05) is 26.8 Å². The summed E-state index contributed by atoms with van der Waals surface area (Å²) in [6.07, 6.45) is 2.18. The zero-order valence-corrected chi connectivity index (χ0v) is 21.6. The van der Waals surface area contributed by atoms with Crippen LogP contribution in [0.25, 0.3) is 28.1 Å². The number of pyridine rings is 2. The molecule has 8 nitrogen and oxygen atoms in total. The van der Waals surface area contributed by atoms with Crippen LogP contribution in [0.4, 0.5) is 8.78 Å². The Kier molecular flexibility index (Phi) is 6.60. The normalized spacial score (nSPS) is 17.9. The van der Waals surface area contributed by atoms with E-state index in [1.165, 1.54) is 21.3 Å². The van der Waals surface area contributed by atoms with Crippen LogP contribution >= 0.6 is 0 Å². The molecule has 2 atom stereocenters. The lowest BCUT2D eigenvalue weighted by Crippen LogP contribution is -2.47. The minimum absolute atomic E-state index is 0.0163. The van der Waals surface area contributed by atoms with Crippen molar-refractivity contribution in [1.29, 1.82) is 0 Å². The lowest BCUT2D eigenvalue weighted by Gasteiger charge is -2.32. The summed E-state index contributed by atoms with van der Waals surface area (Å²) in [6.45, 7) is 8.81. The van der Waals surface area contributed by atoms with Crippen LogP contribution in [0.5, 0.6) is 5.75 Å². The van der Waals surface area contributed by atoms with E-state index in [1.807, 2.05) is 20.8 Å². The summed E-state index contributed by atoms with van der Waals surface area (Å²) < 4.78 is 33.0. The van der Waals surface area contributed by atoms with Crippen molar-refractivity contribution < 1.29 is 13.9 Å². The van der Waals surface area contributed by atoms with Gasteiger partial charge in [0.1, 0.15) is 17.3 Å². The quantitative estimate of drug-likeness (QED) is 0.391. The second kappa shape index (κ2) is 9.75. The average Bonchev–Trinajstić information content (AvgIpc) is 2.87. The van der Waals surface area contributed by atoms with Gasteiger partial charge in [-0.3, -0.25) is 23.7 Å². The van der Waals surface area contributed by atoms with Crippen LogP contribution in [0.15, 0.2) is 46.1 Å². The van der Waals surface area contributed by atoms with Crippen LogP contribution in [0.2, 0.25) is 0 Å². The first kappa shape index (κ1) is 25.7. The Morgan fingerprint density at radius 1 is 1.13 bits per heavy atom. The fraction of sp³-hybridized carbons (Fsp3) is 0.357. The van der Waals surface area contributed by atoms with Crippen molar-refractivity contribution in [3.8, 4) is 22.7 Å². The molecule has 1 aliphatic rings. The van der Waals surface area contributed by atoms with E-state index in [4.69, 9.17) is 0 Å². The number of fused-ring (bicyclic) bond motifs is 1. The molecule has 2 N–H and O–H groups in total. The SMILES string of the molecule is Cc1ccnc(C(C)C)c1-n1c(=O)c(=O)n(C2CCNCC2C)c2cc(F)c(-c3c(O)cccc3F)nc21. The van der Waals surface area contributed by atoms with Crippen LogP contribution in [-0.4, -0.2) is 37.3 Å². The van der Waals surface area contributed by atoms with Crippen molar-refractivity contribution >= 4 is 11.2 Å². The predicted molar refractivity (Wildman–Crippen MR) is 141 cm³/mol. The Balaban J connectivity index is 1.98. The molecule has 0 radical (unpaired) electrons. The number of phenolic OH excluding ortho intramolecular Hbond substituents is 1. The summed E-state index contributed by atoms with van der Waals surface area (Å²) in [5.74, 6) is -2.43. The molecule has 198 valence electrons. The maximum absolute atomic E-state index is 15.7. The van der Waals surface area contributed by atoms with E-state index < -0.39 is 39.8 Å². The molecule has 10 heteroatoms. The number of nitrogens with one attached hydrogen (secondary N) is 1. The van der Waals surface area contributed by atoms with Gasteiger partial charge < -0.3 is 10.4 Å².